The Morgan fingerprint density at radius 1 is 1.21 bits per heavy atom. The first kappa shape index (κ1) is 19.0. The molecule has 2 heterocycles. The molecule has 4 rings (SSSR count). The molecule has 2 aromatic heterocycles. The van der Waals surface area contributed by atoms with E-state index in [2.05, 4.69) is 22.1 Å². The molecule has 0 atom stereocenters. The standard InChI is InChI=1S/C22H20N4O2S/c1-3-12-26-21(19-13-16-9-5-7-11-18(16)28-19)24-25-22(26)29-14-20(27)23-17-10-6-4-8-15(17)2/h3-11,13H,1,12,14H2,2H3,(H,23,27). The van der Waals surface area contributed by atoms with Crippen molar-refractivity contribution in [3.63, 3.8) is 0 Å². The van der Waals surface area contributed by atoms with Crippen LogP contribution in [0.25, 0.3) is 22.6 Å². The lowest BCUT2D eigenvalue weighted by molar-refractivity contribution is -0.113. The zero-order valence-corrected chi connectivity index (χ0v) is 16.8. The summed E-state index contributed by atoms with van der Waals surface area (Å²) in [5.41, 5.74) is 2.63. The molecule has 0 spiro atoms. The number of aromatic nitrogens is 3. The molecule has 1 N–H and O–H groups in total. The molecular formula is C22H20N4O2S. The number of benzene rings is 2. The predicted octanol–water partition coefficient (Wildman–Crippen LogP) is 4.92. The van der Waals surface area contributed by atoms with Gasteiger partial charge in [0.15, 0.2) is 10.9 Å². The van der Waals surface area contributed by atoms with Crippen molar-refractivity contribution >= 4 is 34.3 Å². The van der Waals surface area contributed by atoms with Crippen LogP contribution >= 0.6 is 11.8 Å². The Labute approximate surface area is 172 Å². The van der Waals surface area contributed by atoms with Crippen molar-refractivity contribution in [2.45, 2.75) is 18.6 Å². The maximum absolute atomic E-state index is 12.4. The maximum atomic E-state index is 12.4. The first-order chi connectivity index (χ1) is 14.2. The molecule has 7 heteroatoms. The highest BCUT2D eigenvalue weighted by Gasteiger charge is 2.18. The fraction of sp³-hybridized carbons (Fsp3) is 0.136. The quantitative estimate of drug-likeness (QED) is 0.350. The Hall–Kier alpha value is -3.32. The summed E-state index contributed by atoms with van der Waals surface area (Å²) >= 11 is 1.33. The number of fused-ring (bicyclic) bond motifs is 1. The van der Waals surface area contributed by atoms with Crippen LogP contribution in [0.3, 0.4) is 0 Å². The van der Waals surface area contributed by atoms with Crippen LogP contribution in [0.1, 0.15) is 5.56 Å². The minimum atomic E-state index is -0.0947. The van der Waals surface area contributed by atoms with Crippen LogP contribution < -0.4 is 5.32 Å². The Bertz CT molecular complexity index is 1150. The maximum Gasteiger partial charge on any atom is 0.234 e. The molecule has 4 aromatic rings. The van der Waals surface area contributed by atoms with Crippen molar-refractivity contribution in [2.24, 2.45) is 0 Å². The van der Waals surface area contributed by atoms with E-state index < -0.39 is 0 Å². The average molecular weight is 404 g/mol. The van der Waals surface area contributed by atoms with E-state index in [1.165, 1.54) is 11.8 Å². The highest BCUT2D eigenvalue weighted by Crippen LogP contribution is 2.29. The number of anilines is 1. The second kappa shape index (κ2) is 8.36. The van der Waals surface area contributed by atoms with E-state index in [0.29, 0.717) is 23.3 Å². The predicted molar refractivity (Wildman–Crippen MR) is 116 cm³/mol. The van der Waals surface area contributed by atoms with Gasteiger partial charge in [-0.1, -0.05) is 54.2 Å². The van der Waals surface area contributed by atoms with Crippen molar-refractivity contribution in [3.05, 3.63) is 72.8 Å². The van der Waals surface area contributed by atoms with Gasteiger partial charge in [0, 0.05) is 17.6 Å². The zero-order chi connectivity index (χ0) is 20.2. The van der Waals surface area contributed by atoms with Crippen LogP contribution in [-0.4, -0.2) is 26.4 Å². The normalized spacial score (nSPS) is 10.9. The number of nitrogens with zero attached hydrogens (tertiary/aromatic N) is 3. The summed E-state index contributed by atoms with van der Waals surface area (Å²) in [4.78, 5) is 12.4. The molecule has 6 nitrogen and oxygen atoms in total. The molecule has 0 unspecified atom stereocenters. The lowest BCUT2D eigenvalue weighted by atomic mass is 10.2. The third-order valence-corrected chi connectivity index (χ3v) is 5.39. The molecule has 0 aliphatic heterocycles. The Morgan fingerprint density at radius 3 is 2.79 bits per heavy atom. The summed E-state index contributed by atoms with van der Waals surface area (Å²) in [5.74, 6) is 1.38. The van der Waals surface area contributed by atoms with Gasteiger partial charge in [0.2, 0.25) is 11.7 Å². The Kier molecular flexibility index (Phi) is 5.48. The molecule has 1 amide bonds. The molecule has 0 saturated heterocycles. The molecule has 29 heavy (non-hydrogen) atoms. The first-order valence-electron chi connectivity index (χ1n) is 9.17. The molecule has 0 saturated carbocycles. The largest absolute Gasteiger partial charge is 0.453 e. The number of allylic oxidation sites excluding steroid dienone is 1. The molecule has 0 radical (unpaired) electrons. The molecular weight excluding hydrogens is 384 g/mol. The van der Waals surface area contributed by atoms with Gasteiger partial charge in [0.1, 0.15) is 5.58 Å². The smallest absolute Gasteiger partial charge is 0.234 e. The molecule has 2 aromatic carbocycles. The van der Waals surface area contributed by atoms with Crippen LogP contribution in [0.15, 0.2) is 76.8 Å². The molecule has 0 fully saturated rings. The second-order valence-corrected chi connectivity index (χ2v) is 7.45. The number of carbonyl (C=O) groups excluding carboxylic acids is 1. The van der Waals surface area contributed by atoms with E-state index in [0.717, 1.165) is 22.2 Å². The second-order valence-electron chi connectivity index (χ2n) is 6.51. The number of rotatable bonds is 7. The van der Waals surface area contributed by atoms with Gasteiger partial charge in [-0.3, -0.25) is 9.36 Å². The van der Waals surface area contributed by atoms with Gasteiger partial charge in [-0.2, -0.15) is 0 Å². The van der Waals surface area contributed by atoms with Crippen LogP contribution in [-0.2, 0) is 11.3 Å². The number of carbonyl (C=O) groups is 1. The summed E-state index contributed by atoms with van der Waals surface area (Å²) in [5, 5.41) is 13.1. The number of hydrogen-bond donors (Lipinski definition) is 1. The minimum Gasteiger partial charge on any atom is -0.453 e. The van der Waals surface area contributed by atoms with Gasteiger partial charge in [0.05, 0.1) is 5.75 Å². The van der Waals surface area contributed by atoms with Crippen molar-refractivity contribution in [3.8, 4) is 11.6 Å². The summed E-state index contributed by atoms with van der Waals surface area (Å²) in [6.45, 7) is 6.30. The van der Waals surface area contributed by atoms with Crippen molar-refractivity contribution < 1.29 is 9.21 Å². The number of amides is 1. The fourth-order valence-corrected chi connectivity index (χ4v) is 3.74. The first-order valence-corrected chi connectivity index (χ1v) is 10.2. The monoisotopic (exact) mass is 404 g/mol. The van der Waals surface area contributed by atoms with E-state index in [1.54, 1.807) is 6.08 Å². The number of hydrogen-bond acceptors (Lipinski definition) is 5. The Morgan fingerprint density at radius 2 is 2.00 bits per heavy atom. The van der Waals surface area contributed by atoms with Crippen LogP contribution in [0.2, 0.25) is 0 Å². The van der Waals surface area contributed by atoms with Gasteiger partial charge < -0.3 is 9.73 Å². The molecule has 146 valence electrons. The van der Waals surface area contributed by atoms with E-state index in [1.807, 2.05) is 66.1 Å². The SMILES string of the molecule is C=CCn1c(SCC(=O)Nc2ccccc2C)nnc1-c1cc2ccccc2o1. The third kappa shape index (κ3) is 4.09. The van der Waals surface area contributed by atoms with Gasteiger partial charge in [-0.05, 0) is 30.7 Å². The minimum absolute atomic E-state index is 0.0947. The lowest BCUT2D eigenvalue weighted by Crippen LogP contribution is -2.15. The van der Waals surface area contributed by atoms with Crippen molar-refractivity contribution in [2.75, 3.05) is 11.1 Å². The van der Waals surface area contributed by atoms with Crippen molar-refractivity contribution in [1.29, 1.82) is 0 Å². The van der Waals surface area contributed by atoms with E-state index >= 15 is 0 Å². The summed E-state index contributed by atoms with van der Waals surface area (Å²) < 4.78 is 7.83. The highest BCUT2D eigenvalue weighted by atomic mass is 32.2. The van der Waals surface area contributed by atoms with Gasteiger partial charge in [-0.25, -0.2) is 0 Å². The number of furan rings is 1. The van der Waals surface area contributed by atoms with Gasteiger partial charge >= 0.3 is 0 Å². The van der Waals surface area contributed by atoms with Gasteiger partial charge in [-0.15, -0.1) is 16.8 Å². The van der Waals surface area contributed by atoms with E-state index in [4.69, 9.17) is 4.42 Å². The average Bonchev–Trinajstić information content (AvgIpc) is 3.32. The van der Waals surface area contributed by atoms with Gasteiger partial charge in [0.25, 0.3) is 0 Å². The number of nitrogens with one attached hydrogen (secondary N) is 1. The number of aryl methyl sites for hydroxylation is 1. The number of thioether (sulfide) groups is 1. The van der Waals surface area contributed by atoms with Crippen molar-refractivity contribution in [1.82, 2.24) is 14.8 Å². The van der Waals surface area contributed by atoms with E-state index in [9.17, 15) is 4.79 Å². The zero-order valence-electron chi connectivity index (χ0n) is 16.0. The summed E-state index contributed by atoms with van der Waals surface area (Å²) in [6, 6.07) is 17.4. The Balaban J connectivity index is 1.53. The number of para-hydroxylation sites is 2. The highest BCUT2D eigenvalue weighted by molar-refractivity contribution is 7.99. The lowest BCUT2D eigenvalue weighted by Gasteiger charge is -2.08. The third-order valence-electron chi connectivity index (χ3n) is 4.43. The van der Waals surface area contributed by atoms with Crippen LogP contribution in [0.4, 0.5) is 5.69 Å². The molecule has 0 aliphatic carbocycles. The van der Waals surface area contributed by atoms with E-state index in [-0.39, 0.29) is 11.7 Å². The molecule has 0 aliphatic rings. The van der Waals surface area contributed by atoms with Crippen LogP contribution in [0, 0.1) is 6.92 Å². The van der Waals surface area contributed by atoms with Crippen LogP contribution in [0.5, 0.6) is 0 Å². The fourth-order valence-electron chi connectivity index (χ4n) is 2.99. The summed E-state index contributed by atoms with van der Waals surface area (Å²) in [7, 11) is 0. The molecule has 0 bridgehead atoms. The topological polar surface area (TPSA) is 73.0 Å². The summed E-state index contributed by atoms with van der Waals surface area (Å²) in [6.07, 6.45) is 1.77.